The van der Waals surface area contributed by atoms with Gasteiger partial charge >= 0.3 is 0 Å². The number of rotatable bonds is 4. The van der Waals surface area contributed by atoms with E-state index >= 15 is 0 Å². The second kappa shape index (κ2) is 5.74. The summed E-state index contributed by atoms with van der Waals surface area (Å²) in [6.45, 7) is 0. The number of hydrogen-bond donors (Lipinski definition) is 0. The highest BCUT2D eigenvalue weighted by atomic mass is 79.9. The van der Waals surface area contributed by atoms with Crippen LogP contribution in [0.4, 0.5) is 0 Å². The Kier molecular flexibility index (Phi) is 4.93. The lowest BCUT2D eigenvalue weighted by Gasteiger charge is -2.02. The molecule has 1 nitrogen and oxygen atoms in total. The highest BCUT2D eigenvalue weighted by Gasteiger charge is 2.09. The van der Waals surface area contributed by atoms with Crippen LogP contribution in [0.3, 0.4) is 0 Å². The van der Waals surface area contributed by atoms with E-state index in [1.54, 1.807) is 18.2 Å². The van der Waals surface area contributed by atoms with Crippen molar-refractivity contribution in [2.75, 3.05) is 5.88 Å². The third kappa shape index (κ3) is 3.26. The van der Waals surface area contributed by atoms with Crippen LogP contribution in [0.5, 0.6) is 0 Å². The minimum atomic E-state index is 0.0446. The number of alkyl halides is 1. The van der Waals surface area contributed by atoms with Gasteiger partial charge in [0.05, 0.1) is 5.02 Å². The van der Waals surface area contributed by atoms with Crippen molar-refractivity contribution in [3.05, 3.63) is 33.3 Å². The maximum Gasteiger partial charge on any atom is 0.164 e. The van der Waals surface area contributed by atoms with Crippen LogP contribution in [0.2, 0.25) is 5.02 Å². The minimum absolute atomic E-state index is 0.0446. The average molecular weight is 296 g/mol. The molecule has 1 aromatic carbocycles. The van der Waals surface area contributed by atoms with Crippen LogP contribution >= 0.6 is 39.1 Å². The second-order valence-electron chi connectivity index (χ2n) is 2.84. The Balaban J connectivity index is 2.80. The highest BCUT2D eigenvalue weighted by Crippen LogP contribution is 2.22. The number of Topliss-reactive ketones (excluding diaryl/α,β-unsaturated/α-hetero) is 1. The molecular formula is C10H9BrCl2O. The van der Waals surface area contributed by atoms with E-state index < -0.39 is 0 Å². The van der Waals surface area contributed by atoms with Gasteiger partial charge in [-0.2, -0.15) is 0 Å². The standard InChI is InChI=1S/C10H9BrCl2O/c11-7-3-4-8(9(13)6-7)10(14)2-1-5-12/h3-4,6H,1-2,5H2. The van der Waals surface area contributed by atoms with Gasteiger partial charge < -0.3 is 0 Å². The molecule has 0 atom stereocenters. The molecular weight excluding hydrogens is 287 g/mol. The Hall–Kier alpha value is -0.0500. The molecule has 0 N–H and O–H groups in total. The first-order valence-electron chi connectivity index (χ1n) is 4.19. The summed E-state index contributed by atoms with van der Waals surface area (Å²) in [7, 11) is 0. The molecule has 0 aliphatic rings. The van der Waals surface area contributed by atoms with Crippen molar-refractivity contribution in [1.29, 1.82) is 0 Å². The lowest BCUT2D eigenvalue weighted by atomic mass is 10.1. The Morgan fingerprint density at radius 1 is 1.43 bits per heavy atom. The molecule has 14 heavy (non-hydrogen) atoms. The average Bonchev–Trinajstić information content (AvgIpc) is 2.14. The van der Waals surface area contributed by atoms with Gasteiger partial charge in [0, 0.05) is 22.3 Å². The SMILES string of the molecule is O=C(CCCCl)c1ccc(Br)cc1Cl. The zero-order chi connectivity index (χ0) is 10.6. The Morgan fingerprint density at radius 3 is 2.71 bits per heavy atom. The van der Waals surface area contributed by atoms with Crippen molar-refractivity contribution in [2.45, 2.75) is 12.8 Å². The van der Waals surface area contributed by atoms with Gasteiger partial charge in [0.1, 0.15) is 0 Å². The van der Waals surface area contributed by atoms with Crippen LogP contribution in [-0.4, -0.2) is 11.7 Å². The zero-order valence-corrected chi connectivity index (χ0v) is 10.5. The summed E-state index contributed by atoms with van der Waals surface area (Å²) < 4.78 is 0.872. The molecule has 1 aromatic rings. The molecule has 1 rings (SSSR count). The van der Waals surface area contributed by atoms with E-state index in [1.165, 1.54) is 0 Å². The van der Waals surface area contributed by atoms with E-state index in [0.717, 1.165) is 4.47 Å². The van der Waals surface area contributed by atoms with Crippen LogP contribution in [0.25, 0.3) is 0 Å². The molecule has 0 aliphatic heterocycles. The van der Waals surface area contributed by atoms with Crippen molar-refractivity contribution < 1.29 is 4.79 Å². The second-order valence-corrected chi connectivity index (χ2v) is 4.54. The van der Waals surface area contributed by atoms with Gasteiger partial charge in [-0.1, -0.05) is 27.5 Å². The van der Waals surface area contributed by atoms with E-state index in [9.17, 15) is 4.79 Å². The first kappa shape index (κ1) is 12.0. The van der Waals surface area contributed by atoms with Gasteiger partial charge in [-0.05, 0) is 24.6 Å². The Morgan fingerprint density at radius 2 is 2.14 bits per heavy atom. The first-order valence-corrected chi connectivity index (χ1v) is 5.90. The van der Waals surface area contributed by atoms with Gasteiger partial charge in [-0.25, -0.2) is 0 Å². The number of ketones is 1. The van der Waals surface area contributed by atoms with Crippen molar-refractivity contribution >= 4 is 44.9 Å². The molecule has 0 amide bonds. The molecule has 0 aromatic heterocycles. The maximum atomic E-state index is 11.6. The predicted molar refractivity (Wildman–Crippen MR) is 63.4 cm³/mol. The lowest BCUT2D eigenvalue weighted by Crippen LogP contribution is -2.00. The fourth-order valence-corrected chi connectivity index (χ4v) is 1.99. The van der Waals surface area contributed by atoms with E-state index in [4.69, 9.17) is 23.2 Å². The van der Waals surface area contributed by atoms with Crippen molar-refractivity contribution in [3.8, 4) is 0 Å². The van der Waals surface area contributed by atoms with Crippen LogP contribution in [0.1, 0.15) is 23.2 Å². The third-order valence-corrected chi connectivity index (χ3v) is 2.84. The van der Waals surface area contributed by atoms with E-state index in [0.29, 0.717) is 29.3 Å². The van der Waals surface area contributed by atoms with E-state index in [1.807, 2.05) is 0 Å². The molecule has 0 saturated carbocycles. The summed E-state index contributed by atoms with van der Waals surface area (Å²) in [5.74, 6) is 0.544. The zero-order valence-electron chi connectivity index (χ0n) is 7.40. The van der Waals surface area contributed by atoms with Gasteiger partial charge in [-0.15, -0.1) is 11.6 Å². The number of hydrogen-bond acceptors (Lipinski definition) is 1. The molecule has 0 radical (unpaired) electrons. The monoisotopic (exact) mass is 294 g/mol. The molecule has 76 valence electrons. The summed E-state index contributed by atoms with van der Waals surface area (Å²) in [6.07, 6.45) is 1.14. The maximum absolute atomic E-state index is 11.6. The molecule has 0 bridgehead atoms. The quantitative estimate of drug-likeness (QED) is 0.598. The highest BCUT2D eigenvalue weighted by molar-refractivity contribution is 9.10. The molecule has 0 spiro atoms. The van der Waals surface area contributed by atoms with Crippen LogP contribution < -0.4 is 0 Å². The minimum Gasteiger partial charge on any atom is -0.294 e. The van der Waals surface area contributed by atoms with Crippen LogP contribution in [0, 0.1) is 0 Å². The normalized spacial score (nSPS) is 10.2. The smallest absolute Gasteiger partial charge is 0.164 e. The number of carbonyl (C=O) groups excluding carboxylic acids is 1. The number of halogens is 3. The number of carbonyl (C=O) groups is 1. The summed E-state index contributed by atoms with van der Waals surface area (Å²) in [6, 6.07) is 5.25. The number of benzene rings is 1. The summed E-state index contributed by atoms with van der Waals surface area (Å²) >= 11 is 14.7. The first-order chi connectivity index (χ1) is 6.65. The molecule has 0 aliphatic carbocycles. The van der Waals surface area contributed by atoms with Gasteiger partial charge in [0.2, 0.25) is 0 Å². The van der Waals surface area contributed by atoms with Crippen LogP contribution in [0.15, 0.2) is 22.7 Å². The van der Waals surface area contributed by atoms with Gasteiger partial charge in [-0.3, -0.25) is 4.79 Å². The Labute approximate surface area is 102 Å². The van der Waals surface area contributed by atoms with E-state index in [2.05, 4.69) is 15.9 Å². The van der Waals surface area contributed by atoms with E-state index in [-0.39, 0.29) is 5.78 Å². The summed E-state index contributed by atoms with van der Waals surface area (Å²) in [4.78, 5) is 11.6. The summed E-state index contributed by atoms with van der Waals surface area (Å²) in [5.41, 5.74) is 0.569. The Bertz CT molecular complexity index is 339. The molecule has 0 unspecified atom stereocenters. The molecule has 4 heteroatoms. The topological polar surface area (TPSA) is 17.1 Å². The lowest BCUT2D eigenvalue weighted by molar-refractivity contribution is 0.0982. The van der Waals surface area contributed by atoms with Crippen molar-refractivity contribution in [3.63, 3.8) is 0 Å². The fourth-order valence-electron chi connectivity index (χ4n) is 1.08. The molecule has 0 saturated heterocycles. The van der Waals surface area contributed by atoms with Crippen molar-refractivity contribution in [1.82, 2.24) is 0 Å². The van der Waals surface area contributed by atoms with Gasteiger partial charge in [0.25, 0.3) is 0 Å². The van der Waals surface area contributed by atoms with Gasteiger partial charge in [0.15, 0.2) is 5.78 Å². The van der Waals surface area contributed by atoms with Crippen molar-refractivity contribution in [2.24, 2.45) is 0 Å². The molecule has 0 heterocycles. The predicted octanol–water partition coefficient (Wildman–Crippen LogP) is 4.30. The fraction of sp³-hybridized carbons (Fsp3) is 0.300. The largest absolute Gasteiger partial charge is 0.294 e. The third-order valence-electron chi connectivity index (χ3n) is 1.77. The summed E-state index contributed by atoms with van der Waals surface area (Å²) in [5, 5.41) is 0.485. The molecule has 0 fully saturated rings. The van der Waals surface area contributed by atoms with Crippen LogP contribution in [-0.2, 0) is 0 Å².